The van der Waals surface area contributed by atoms with Gasteiger partial charge in [0.15, 0.2) is 24.6 Å². The number of aliphatic carboxylic acids is 1. The Morgan fingerprint density at radius 3 is 1.17 bits per heavy atom. The van der Waals surface area contributed by atoms with Crippen LogP contribution in [0.2, 0.25) is 0 Å². The molecule has 6 atom stereocenters. The van der Waals surface area contributed by atoms with Crippen molar-refractivity contribution in [1.82, 2.24) is 0 Å². The van der Waals surface area contributed by atoms with E-state index in [0.717, 1.165) is 89.9 Å². The Balaban J connectivity index is 2.62. The van der Waals surface area contributed by atoms with Gasteiger partial charge in [-0.25, -0.2) is 4.79 Å². The van der Waals surface area contributed by atoms with E-state index in [-0.39, 0.29) is 25.9 Å². The Morgan fingerprint density at radius 2 is 0.773 bits per heavy atom. The van der Waals surface area contributed by atoms with Crippen LogP contribution in [0.15, 0.2) is 24.3 Å². The van der Waals surface area contributed by atoms with Crippen LogP contribution in [0.25, 0.3) is 0 Å². The van der Waals surface area contributed by atoms with Crippen molar-refractivity contribution in [1.29, 1.82) is 0 Å². The number of allylic oxidation sites excluding steroid dienone is 4. The Labute approximate surface area is 458 Å². The molecule has 1 heterocycles. The average molecular weight is 1060 g/mol. The minimum Gasteiger partial charge on any atom is -0.479 e. The third-order valence-corrected chi connectivity index (χ3v) is 14.5. The molecule has 0 aromatic rings. The molecule has 1 rings (SSSR count). The second-order valence-corrected chi connectivity index (χ2v) is 21.7. The van der Waals surface area contributed by atoms with E-state index in [9.17, 15) is 34.5 Å². The van der Waals surface area contributed by atoms with Gasteiger partial charge in [-0.1, -0.05) is 244 Å². The quantitative estimate of drug-likeness (QED) is 0.0228. The Kier molecular flexibility index (Phi) is 48.6. The summed E-state index contributed by atoms with van der Waals surface area (Å²) in [5, 5.41) is 31.5. The molecule has 0 aromatic carbocycles. The number of esters is 3. The highest BCUT2D eigenvalue weighted by molar-refractivity contribution is 5.74. The zero-order chi connectivity index (χ0) is 54.7. The van der Waals surface area contributed by atoms with Gasteiger partial charge in [-0.15, -0.1) is 0 Å². The molecule has 12 heteroatoms. The Hall–Kier alpha value is -2.80. The topological polar surface area (TPSA) is 175 Å². The van der Waals surface area contributed by atoms with Crippen molar-refractivity contribution in [2.24, 2.45) is 0 Å². The molecule has 0 spiro atoms. The number of carbonyl (C=O) groups is 4. The second kappa shape index (κ2) is 51.9. The maximum Gasteiger partial charge on any atom is 0.335 e. The molecule has 1 fully saturated rings. The SMILES string of the molecule is CCCC/C=C\CCCCCCCC(=O)OC(COC(=O)CCCCCCCCCCCCCCCCC)COC1OC(C(=O)O)C(O)C(O)C1OC(=O)CCCCCCCCCCC/C=C\CCCCCCCC. The van der Waals surface area contributed by atoms with Crippen molar-refractivity contribution in [3.05, 3.63) is 24.3 Å². The van der Waals surface area contributed by atoms with Crippen LogP contribution < -0.4 is 0 Å². The molecule has 438 valence electrons. The first-order chi connectivity index (χ1) is 36.6. The molecule has 0 aromatic heterocycles. The van der Waals surface area contributed by atoms with Gasteiger partial charge in [-0.3, -0.25) is 14.4 Å². The van der Waals surface area contributed by atoms with Crippen molar-refractivity contribution < 1.29 is 58.2 Å². The maximum absolute atomic E-state index is 13.1. The fraction of sp³-hybridized carbons (Fsp3) is 0.873. The number of rotatable bonds is 54. The van der Waals surface area contributed by atoms with E-state index in [4.69, 9.17) is 23.7 Å². The number of ether oxygens (including phenoxy) is 5. The van der Waals surface area contributed by atoms with E-state index >= 15 is 0 Å². The summed E-state index contributed by atoms with van der Waals surface area (Å²) in [4.78, 5) is 51.1. The van der Waals surface area contributed by atoms with Crippen molar-refractivity contribution in [3.63, 3.8) is 0 Å². The van der Waals surface area contributed by atoms with E-state index in [0.29, 0.717) is 19.3 Å². The maximum atomic E-state index is 13.1. The molecule has 1 saturated heterocycles. The third-order valence-electron chi connectivity index (χ3n) is 14.5. The van der Waals surface area contributed by atoms with Gasteiger partial charge in [0.25, 0.3) is 0 Å². The first-order valence-electron chi connectivity index (χ1n) is 31.3. The van der Waals surface area contributed by atoms with Gasteiger partial charge in [0, 0.05) is 19.3 Å². The lowest BCUT2D eigenvalue weighted by molar-refractivity contribution is -0.301. The highest BCUT2D eigenvalue weighted by atomic mass is 16.7. The molecule has 0 saturated carbocycles. The van der Waals surface area contributed by atoms with Crippen molar-refractivity contribution in [2.75, 3.05) is 13.2 Å². The molecule has 3 N–H and O–H groups in total. The first-order valence-corrected chi connectivity index (χ1v) is 31.3. The number of hydrogen-bond donors (Lipinski definition) is 3. The molecule has 12 nitrogen and oxygen atoms in total. The van der Waals surface area contributed by atoms with Gasteiger partial charge in [0.2, 0.25) is 0 Å². The Bertz CT molecular complexity index is 1400. The largest absolute Gasteiger partial charge is 0.479 e. The lowest BCUT2D eigenvalue weighted by atomic mass is 9.98. The van der Waals surface area contributed by atoms with Gasteiger partial charge < -0.3 is 39.0 Å². The summed E-state index contributed by atoms with van der Waals surface area (Å²) in [6, 6.07) is 0. The van der Waals surface area contributed by atoms with Gasteiger partial charge in [-0.05, 0) is 64.2 Å². The molecule has 1 aliphatic heterocycles. The molecule has 0 radical (unpaired) electrons. The minimum absolute atomic E-state index is 0.0619. The smallest absolute Gasteiger partial charge is 0.335 e. The summed E-state index contributed by atoms with van der Waals surface area (Å²) in [5.41, 5.74) is 0. The van der Waals surface area contributed by atoms with Crippen LogP contribution in [0.3, 0.4) is 0 Å². The monoisotopic (exact) mass is 1060 g/mol. The highest BCUT2D eigenvalue weighted by Crippen LogP contribution is 2.27. The molecular weight excluding hydrogens is 949 g/mol. The molecule has 6 unspecified atom stereocenters. The van der Waals surface area contributed by atoms with Crippen LogP contribution >= 0.6 is 0 Å². The van der Waals surface area contributed by atoms with Crippen molar-refractivity contribution >= 4 is 23.9 Å². The second-order valence-electron chi connectivity index (χ2n) is 21.7. The summed E-state index contributed by atoms with van der Waals surface area (Å²) in [6.07, 6.45) is 47.2. The number of carbonyl (C=O) groups excluding carboxylic acids is 3. The fourth-order valence-electron chi connectivity index (χ4n) is 9.64. The van der Waals surface area contributed by atoms with Crippen LogP contribution in [0.1, 0.15) is 303 Å². The predicted molar refractivity (Wildman–Crippen MR) is 303 cm³/mol. The average Bonchev–Trinajstić information content (AvgIpc) is 3.39. The number of carboxylic acids is 1. The van der Waals surface area contributed by atoms with E-state index in [1.54, 1.807) is 0 Å². The molecule has 75 heavy (non-hydrogen) atoms. The fourth-order valence-corrected chi connectivity index (χ4v) is 9.64. The van der Waals surface area contributed by atoms with Crippen LogP contribution in [0.4, 0.5) is 0 Å². The van der Waals surface area contributed by atoms with E-state index in [1.165, 1.54) is 154 Å². The zero-order valence-electron chi connectivity index (χ0n) is 48.3. The highest BCUT2D eigenvalue weighted by Gasteiger charge is 2.50. The standard InChI is InChI=1S/C63H114O12/c1-4-7-10-13-16-19-22-24-26-27-28-29-31-33-36-39-42-45-48-51-57(66)74-61-59(68)58(67)60(62(69)70)75-63(61)72-53-54(73-56(65)50-47-44-41-38-34-21-18-15-12-9-6-3)52-71-55(64)49-46-43-40-37-35-32-30-25-23-20-17-14-11-8-5-2/h15,18,24,26,54,58-61,63,67-68H,4-14,16-17,19-23,25,27-53H2,1-3H3,(H,69,70)/b18-15-,26-24-. The summed E-state index contributed by atoms with van der Waals surface area (Å²) in [5.74, 6) is -3.10. The number of carboxylic acid groups (broad SMARTS) is 1. The molecule has 1 aliphatic rings. The summed E-state index contributed by atoms with van der Waals surface area (Å²) in [7, 11) is 0. The lowest BCUT2D eigenvalue weighted by Gasteiger charge is -2.40. The third kappa shape index (κ3) is 41.9. The van der Waals surface area contributed by atoms with Crippen LogP contribution in [0.5, 0.6) is 0 Å². The molecular formula is C63H114O12. The normalized spacial score (nSPS) is 18.2. The minimum atomic E-state index is -1.90. The number of hydrogen-bond acceptors (Lipinski definition) is 11. The number of unbranched alkanes of at least 4 members (excludes halogenated alkanes) is 36. The molecule has 0 bridgehead atoms. The van der Waals surface area contributed by atoms with Gasteiger partial charge in [0.1, 0.15) is 18.8 Å². The van der Waals surface area contributed by atoms with Crippen LogP contribution in [0, 0.1) is 0 Å². The summed E-state index contributed by atoms with van der Waals surface area (Å²) >= 11 is 0. The summed E-state index contributed by atoms with van der Waals surface area (Å²) in [6.45, 7) is 5.98. The first kappa shape index (κ1) is 70.2. The van der Waals surface area contributed by atoms with E-state index in [1.807, 2.05) is 0 Å². The van der Waals surface area contributed by atoms with Gasteiger partial charge in [-0.2, -0.15) is 0 Å². The molecule has 0 amide bonds. The van der Waals surface area contributed by atoms with Crippen molar-refractivity contribution in [3.8, 4) is 0 Å². The van der Waals surface area contributed by atoms with Gasteiger partial charge in [0.05, 0.1) is 6.61 Å². The van der Waals surface area contributed by atoms with Crippen molar-refractivity contribution in [2.45, 2.75) is 340 Å². The molecule has 0 aliphatic carbocycles. The zero-order valence-corrected chi connectivity index (χ0v) is 48.3. The summed E-state index contributed by atoms with van der Waals surface area (Å²) < 4.78 is 28.5. The van der Waals surface area contributed by atoms with Crippen LogP contribution in [-0.4, -0.2) is 89.2 Å². The van der Waals surface area contributed by atoms with E-state index < -0.39 is 67.3 Å². The van der Waals surface area contributed by atoms with Gasteiger partial charge >= 0.3 is 23.9 Å². The van der Waals surface area contributed by atoms with Crippen LogP contribution in [-0.2, 0) is 42.9 Å². The number of aliphatic hydroxyl groups is 2. The predicted octanol–water partition coefficient (Wildman–Crippen LogP) is 16.2. The lowest BCUT2D eigenvalue weighted by Crippen LogP contribution is -2.61. The Morgan fingerprint density at radius 1 is 0.427 bits per heavy atom. The van der Waals surface area contributed by atoms with E-state index in [2.05, 4.69) is 45.1 Å². The number of aliphatic hydroxyl groups excluding tert-OH is 2.